The van der Waals surface area contributed by atoms with Gasteiger partial charge in [-0.05, 0) is 50.9 Å². The first-order chi connectivity index (χ1) is 14.0. The summed E-state index contributed by atoms with van der Waals surface area (Å²) >= 11 is 1.59. The molecule has 7 heteroatoms. The molecule has 3 heterocycles. The van der Waals surface area contributed by atoms with Gasteiger partial charge in [0.15, 0.2) is 0 Å². The van der Waals surface area contributed by atoms with Crippen LogP contribution in [-0.2, 0) is 17.8 Å². The fraction of sp³-hybridized carbons (Fsp3) is 0.545. The van der Waals surface area contributed by atoms with E-state index in [2.05, 4.69) is 9.88 Å². The molecule has 5 nitrogen and oxygen atoms in total. The highest BCUT2D eigenvalue weighted by atomic mass is 32.1. The van der Waals surface area contributed by atoms with Crippen molar-refractivity contribution in [3.63, 3.8) is 0 Å². The molecular weight excluding hydrogens is 389 g/mol. The predicted molar refractivity (Wildman–Crippen MR) is 112 cm³/mol. The third kappa shape index (κ3) is 4.61. The fourth-order valence-corrected chi connectivity index (χ4v) is 5.34. The molecule has 0 N–H and O–H groups in total. The summed E-state index contributed by atoms with van der Waals surface area (Å²) in [6.45, 7) is 6.02. The topological polar surface area (TPSA) is 45.7 Å². The molecule has 0 saturated carbocycles. The van der Waals surface area contributed by atoms with E-state index in [1.165, 1.54) is 6.07 Å². The molecule has 0 radical (unpaired) electrons. The molecule has 4 rings (SSSR count). The van der Waals surface area contributed by atoms with Gasteiger partial charge < -0.3 is 9.64 Å². The number of carbonyl (C=O) groups is 1. The van der Waals surface area contributed by atoms with Gasteiger partial charge in [-0.3, -0.25) is 9.69 Å². The average molecular weight is 418 g/mol. The molecule has 1 unspecified atom stereocenters. The maximum atomic E-state index is 14.3. The largest absolute Gasteiger partial charge is 0.497 e. The number of aryl methyl sites for hydroxylation is 1. The summed E-state index contributed by atoms with van der Waals surface area (Å²) in [5, 5.41) is 2.97. The first-order valence-electron chi connectivity index (χ1n) is 10.2. The van der Waals surface area contributed by atoms with E-state index in [9.17, 15) is 9.18 Å². The number of carbonyl (C=O) groups excluding carboxylic acids is 1. The molecule has 1 atom stereocenters. The minimum Gasteiger partial charge on any atom is -0.497 e. The van der Waals surface area contributed by atoms with Gasteiger partial charge in [-0.15, -0.1) is 11.3 Å². The number of aromatic nitrogens is 1. The Labute approximate surface area is 175 Å². The SMILES string of the molecule is COc1ccc(F)c(CN2CCCC3(CCN(C(=O)Cc4csc(C)n4)C3)C2)c1. The summed E-state index contributed by atoms with van der Waals surface area (Å²) in [7, 11) is 1.60. The maximum Gasteiger partial charge on any atom is 0.228 e. The van der Waals surface area contributed by atoms with E-state index in [-0.39, 0.29) is 17.1 Å². The zero-order valence-electron chi connectivity index (χ0n) is 17.1. The number of benzene rings is 1. The van der Waals surface area contributed by atoms with E-state index in [0.717, 1.165) is 56.1 Å². The van der Waals surface area contributed by atoms with Gasteiger partial charge in [0.1, 0.15) is 11.6 Å². The van der Waals surface area contributed by atoms with Crippen molar-refractivity contribution in [2.75, 3.05) is 33.3 Å². The van der Waals surface area contributed by atoms with E-state index >= 15 is 0 Å². The predicted octanol–water partition coefficient (Wildman–Crippen LogP) is 3.66. The van der Waals surface area contributed by atoms with E-state index < -0.39 is 0 Å². The van der Waals surface area contributed by atoms with Gasteiger partial charge in [0.25, 0.3) is 0 Å². The number of methoxy groups -OCH3 is 1. The summed E-state index contributed by atoms with van der Waals surface area (Å²) in [5.41, 5.74) is 1.67. The van der Waals surface area contributed by atoms with Crippen LogP contribution in [0.2, 0.25) is 0 Å². The lowest BCUT2D eigenvalue weighted by Crippen LogP contribution is -2.45. The Morgan fingerprint density at radius 1 is 1.31 bits per heavy atom. The molecule has 1 amide bonds. The van der Waals surface area contributed by atoms with Crippen molar-refractivity contribution < 1.29 is 13.9 Å². The zero-order valence-corrected chi connectivity index (χ0v) is 17.9. The van der Waals surface area contributed by atoms with Crippen LogP contribution in [-0.4, -0.2) is 54.0 Å². The Morgan fingerprint density at radius 2 is 2.17 bits per heavy atom. The van der Waals surface area contributed by atoms with Crippen molar-refractivity contribution in [1.29, 1.82) is 0 Å². The molecule has 29 heavy (non-hydrogen) atoms. The number of hydrogen-bond acceptors (Lipinski definition) is 5. The summed E-state index contributed by atoms with van der Waals surface area (Å²) in [6.07, 6.45) is 3.62. The van der Waals surface area contributed by atoms with Gasteiger partial charge in [-0.2, -0.15) is 0 Å². The van der Waals surface area contributed by atoms with Gasteiger partial charge in [0, 0.05) is 42.5 Å². The number of nitrogens with zero attached hydrogens (tertiary/aromatic N) is 3. The van der Waals surface area contributed by atoms with Gasteiger partial charge in [0.05, 0.1) is 24.2 Å². The molecule has 1 aromatic heterocycles. The van der Waals surface area contributed by atoms with Crippen LogP contribution in [0.3, 0.4) is 0 Å². The number of rotatable bonds is 5. The summed E-state index contributed by atoms with van der Waals surface area (Å²) in [6, 6.07) is 4.92. The number of piperidine rings is 1. The van der Waals surface area contributed by atoms with Crippen molar-refractivity contribution in [1.82, 2.24) is 14.8 Å². The van der Waals surface area contributed by atoms with Crippen molar-refractivity contribution in [2.24, 2.45) is 5.41 Å². The van der Waals surface area contributed by atoms with Crippen LogP contribution >= 0.6 is 11.3 Å². The number of likely N-dealkylation sites (tertiary alicyclic amines) is 2. The lowest BCUT2D eigenvalue weighted by atomic mass is 9.79. The summed E-state index contributed by atoms with van der Waals surface area (Å²) < 4.78 is 19.5. The van der Waals surface area contributed by atoms with E-state index in [0.29, 0.717) is 24.3 Å². The molecule has 1 spiro atoms. The first kappa shape index (κ1) is 20.3. The first-order valence-corrected chi connectivity index (χ1v) is 11.1. The number of amides is 1. The minimum atomic E-state index is -0.188. The molecule has 0 aliphatic carbocycles. The molecule has 2 aromatic rings. The van der Waals surface area contributed by atoms with Crippen molar-refractivity contribution in [3.8, 4) is 5.75 Å². The minimum absolute atomic E-state index is 0.126. The molecule has 2 aliphatic heterocycles. The van der Waals surface area contributed by atoms with E-state index in [1.807, 2.05) is 17.2 Å². The van der Waals surface area contributed by atoms with Crippen LogP contribution in [0.1, 0.15) is 35.5 Å². The molecule has 156 valence electrons. The smallest absolute Gasteiger partial charge is 0.228 e. The fourth-order valence-electron chi connectivity index (χ4n) is 4.72. The van der Waals surface area contributed by atoms with Gasteiger partial charge >= 0.3 is 0 Å². The van der Waals surface area contributed by atoms with Crippen LogP contribution in [0.25, 0.3) is 0 Å². The van der Waals surface area contributed by atoms with Crippen LogP contribution in [0.15, 0.2) is 23.6 Å². The molecule has 2 saturated heterocycles. The highest BCUT2D eigenvalue weighted by molar-refractivity contribution is 7.09. The lowest BCUT2D eigenvalue weighted by Gasteiger charge is -2.40. The zero-order chi connectivity index (χ0) is 20.4. The third-order valence-corrected chi connectivity index (χ3v) is 7.00. The lowest BCUT2D eigenvalue weighted by molar-refractivity contribution is -0.130. The Bertz CT molecular complexity index is 887. The second-order valence-electron chi connectivity index (χ2n) is 8.37. The summed E-state index contributed by atoms with van der Waals surface area (Å²) in [5.74, 6) is 0.665. The van der Waals surface area contributed by atoms with E-state index in [1.54, 1.807) is 30.6 Å². The van der Waals surface area contributed by atoms with Crippen LogP contribution in [0.5, 0.6) is 5.75 Å². The number of ether oxygens (including phenoxy) is 1. The quantitative estimate of drug-likeness (QED) is 0.745. The van der Waals surface area contributed by atoms with Crippen molar-refractivity contribution in [2.45, 2.75) is 39.2 Å². The van der Waals surface area contributed by atoms with Gasteiger partial charge in [0.2, 0.25) is 5.91 Å². The number of halogens is 1. The second-order valence-corrected chi connectivity index (χ2v) is 9.43. The van der Waals surface area contributed by atoms with Gasteiger partial charge in [-0.25, -0.2) is 9.37 Å². The maximum absolute atomic E-state index is 14.3. The molecule has 2 fully saturated rings. The molecular formula is C22H28FN3O2S. The van der Waals surface area contributed by atoms with Crippen LogP contribution in [0, 0.1) is 18.2 Å². The average Bonchev–Trinajstić information content (AvgIpc) is 3.30. The van der Waals surface area contributed by atoms with E-state index in [4.69, 9.17) is 4.74 Å². The third-order valence-electron chi connectivity index (χ3n) is 6.18. The Kier molecular flexibility index (Phi) is 5.88. The number of thiazole rings is 1. The Hall–Kier alpha value is -1.99. The highest BCUT2D eigenvalue weighted by Gasteiger charge is 2.42. The normalized spacial score (nSPS) is 22.4. The molecule has 1 aromatic carbocycles. The monoisotopic (exact) mass is 417 g/mol. The second kappa shape index (κ2) is 8.40. The Balaban J connectivity index is 1.38. The molecule has 0 bridgehead atoms. The Morgan fingerprint density at radius 3 is 2.93 bits per heavy atom. The molecule has 2 aliphatic rings. The standard InChI is InChI=1S/C22H28FN3O2S/c1-16-24-18(13-29-16)11-21(27)26-9-7-22(15-26)6-3-8-25(14-22)12-17-10-19(28-2)4-5-20(17)23/h4-5,10,13H,3,6-9,11-12,14-15H2,1-2H3. The highest BCUT2D eigenvalue weighted by Crippen LogP contribution is 2.39. The van der Waals surface area contributed by atoms with Gasteiger partial charge in [-0.1, -0.05) is 0 Å². The summed E-state index contributed by atoms with van der Waals surface area (Å²) in [4.78, 5) is 21.5. The number of hydrogen-bond donors (Lipinski definition) is 0. The van der Waals surface area contributed by atoms with Crippen LogP contribution < -0.4 is 4.74 Å². The van der Waals surface area contributed by atoms with Crippen molar-refractivity contribution in [3.05, 3.63) is 45.7 Å². The van der Waals surface area contributed by atoms with Crippen LogP contribution in [0.4, 0.5) is 4.39 Å². The van der Waals surface area contributed by atoms with Crippen molar-refractivity contribution >= 4 is 17.2 Å².